The molecule has 0 atom stereocenters. The van der Waals surface area contributed by atoms with Gasteiger partial charge in [0, 0.05) is 13.1 Å². The van der Waals surface area contributed by atoms with Crippen LogP contribution < -0.4 is 14.4 Å². The van der Waals surface area contributed by atoms with Gasteiger partial charge in [0.1, 0.15) is 17.3 Å². The minimum Gasteiger partial charge on any atom is -0.494 e. The lowest BCUT2D eigenvalue weighted by atomic mass is 10.3. The van der Waals surface area contributed by atoms with E-state index in [1.165, 1.54) is 35.6 Å². The molecule has 2 aromatic carbocycles. The maximum absolute atomic E-state index is 13.0. The highest BCUT2D eigenvalue weighted by atomic mass is 35.5. The van der Waals surface area contributed by atoms with Gasteiger partial charge in [-0.2, -0.15) is 0 Å². The summed E-state index contributed by atoms with van der Waals surface area (Å²) in [6.45, 7) is 3.54. The van der Waals surface area contributed by atoms with Crippen LogP contribution in [0.1, 0.15) is 6.92 Å². The van der Waals surface area contributed by atoms with Crippen LogP contribution in [0, 0.1) is 5.82 Å². The molecule has 0 radical (unpaired) electrons. The quantitative estimate of drug-likeness (QED) is 0.485. The molecule has 0 aliphatic carbocycles. The molecule has 0 bridgehead atoms. The van der Waals surface area contributed by atoms with Gasteiger partial charge in [-0.3, -0.25) is 9.69 Å². The highest BCUT2D eigenvalue weighted by molar-refractivity contribution is 7.22. The van der Waals surface area contributed by atoms with Crippen molar-refractivity contribution in [2.24, 2.45) is 0 Å². The van der Waals surface area contributed by atoms with Crippen molar-refractivity contribution >= 4 is 45.0 Å². The normalized spacial score (nSPS) is 10.7. The van der Waals surface area contributed by atoms with Crippen molar-refractivity contribution in [1.29, 1.82) is 0 Å². The number of nitrogens with zero attached hydrogens (tertiary/aromatic N) is 3. The number of carbonyl (C=O) groups excluding carboxylic acids is 1. The van der Waals surface area contributed by atoms with E-state index in [9.17, 15) is 9.18 Å². The topological polar surface area (TPSA) is 54.9 Å². The van der Waals surface area contributed by atoms with E-state index in [2.05, 4.69) is 4.98 Å². The minimum absolute atomic E-state index is 0. The van der Waals surface area contributed by atoms with E-state index in [1.54, 1.807) is 4.90 Å². The zero-order valence-electron chi connectivity index (χ0n) is 17.1. The average Bonchev–Trinajstić information content (AvgIpc) is 3.10. The van der Waals surface area contributed by atoms with Gasteiger partial charge in [0.25, 0.3) is 5.91 Å². The number of hydrogen-bond donors (Lipinski definition) is 0. The molecule has 0 saturated heterocycles. The van der Waals surface area contributed by atoms with Gasteiger partial charge in [-0.15, -0.1) is 12.4 Å². The summed E-state index contributed by atoms with van der Waals surface area (Å²) in [5.41, 5.74) is 0.815. The van der Waals surface area contributed by atoms with Crippen molar-refractivity contribution in [2.45, 2.75) is 6.92 Å². The molecule has 1 amide bonds. The van der Waals surface area contributed by atoms with Crippen LogP contribution in [0.15, 0.2) is 42.5 Å². The number of benzene rings is 2. The van der Waals surface area contributed by atoms with E-state index in [-0.39, 0.29) is 30.7 Å². The average molecular weight is 454 g/mol. The van der Waals surface area contributed by atoms with Crippen LogP contribution in [0.25, 0.3) is 10.2 Å². The van der Waals surface area contributed by atoms with Gasteiger partial charge >= 0.3 is 0 Å². The van der Waals surface area contributed by atoms with Crippen LogP contribution in [0.4, 0.5) is 9.52 Å². The number of thiazole rings is 1. The van der Waals surface area contributed by atoms with Crippen molar-refractivity contribution in [2.75, 3.05) is 45.3 Å². The van der Waals surface area contributed by atoms with Gasteiger partial charge in [0.2, 0.25) is 0 Å². The minimum atomic E-state index is -0.350. The lowest BCUT2D eigenvalue weighted by molar-refractivity contribution is -0.120. The SMILES string of the molecule is CCOc1ccc2nc(N(CCN(C)C)C(=O)COc3ccc(F)cc3)sc2c1.Cl. The second-order valence-electron chi connectivity index (χ2n) is 6.65. The molecule has 0 unspecified atom stereocenters. The predicted molar refractivity (Wildman–Crippen MR) is 121 cm³/mol. The summed E-state index contributed by atoms with van der Waals surface area (Å²) >= 11 is 1.44. The molecule has 3 rings (SSSR count). The second-order valence-corrected chi connectivity index (χ2v) is 7.66. The third kappa shape index (κ3) is 6.29. The van der Waals surface area contributed by atoms with Gasteiger partial charge in [-0.05, 0) is 63.5 Å². The summed E-state index contributed by atoms with van der Waals surface area (Å²) in [4.78, 5) is 21.2. The Kier molecular flexibility index (Phi) is 8.83. The predicted octanol–water partition coefficient (Wildman–Crippen LogP) is 4.23. The molecule has 0 N–H and O–H groups in total. The first-order valence-corrected chi connectivity index (χ1v) is 10.1. The standard InChI is InChI=1S/C21H24FN3O3S.ClH/c1-4-27-17-9-10-18-19(13-17)29-21(23-18)25(12-11-24(2)3)20(26)14-28-16-7-5-15(22)6-8-16;/h5-10,13H,4,11-12,14H2,1-3H3;1H. The molecule has 3 aromatic rings. The van der Waals surface area contributed by atoms with Crippen molar-refractivity contribution in [3.8, 4) is 11.5 Å². The Hall–Kier alpha value is -2.42. The molecule has 0 aliphatic heterocycles. The number of anilines is 1. The van der Waals surface area contributed by atoms with Gasteiger partial charge in [0.15, 0.2) is 11.7 Å². The van der Waals surface area contributed by atoms with Crippen molar-refractivity contribution in [3.05, 3.63) is 48.3 Å². The molecule has 0 fully saturated rings. The van der Waals surface area contributed by atoms with Gasteiger partial charge in [-0.1, -0.05) is 11.3 Å². The molecule has 6 nitrogen and oxygen atoms in total. The highest BCUT2D eigenvalue weighted by Crippen LogP contribution is 2.31. The zero-order valence-corrected chi connectivity index (χ0v) is 18.8. The third-order valence-corrected chi connectivity index (χ3v) is 5.18. The molecule has 30 heavy (non-hydrogen) atoms. The molecule has 162 valence electrons. The number of hydrogen-bond acceptors (Lipinski definition) is 6. The van der Waals surface area contributed by atoms with Crippen LogP contribution in [0.2, 0.25) is 0 Å². The molecule has 0 saturated carbocycles. The first-order chi connectivity index (χ1) is 14.0. The molecular formula is C21H25ClFN3O3S. The maximum atomic E-state index is 13.0. The van der Waals surface area contributed by atoms with Gasteiger partial charge < -0.3 is 14.4 Å². The van der Waals surface area contributed by atoms with E-state index >= 15 is 0 Å². The van der Waals surface area contributed by atoms with Crippen molar-refractivity contribution in [3.63, 3.8) is 0 Å². The lowest BCUT2D eigenvalue weighted by Gasteiger charge is -2.22. The van der Waals surface area contributed by atoms with E-state index < -0.39 is 0 Å². The van der Waals surface area contributed by atoms with Gasteiger partial charge in [0.05, 0.1) is 16.8 Å². The van der Waals surface area contributed by atoms with E-state index in [1.807, 2.05) is 44.1 Å². The molecule has 1 heterocycles. The second kappa shape index (κ2) is 11.1. The van der Waals surface area contributed by atoms with Crippen LogP contribution in [-0.4, -0.2) is 56.2 Å². The Labute approximate surface area is 185 Å². The number of fused-ring (bicyclic) bond motifs is 1. The summed E-state index contributed by atoms with van der Waals surface area (Å²) in [5, 5.41) is 0.614. The van der Waals surface area contributed by atoms with E-state index in [0.29, 0.717) is 30.6 Å². The fraction of sp³-hybridized carbons (Fsp3) is 0.333. The first-order valence-electron chi connectivity index (χ1n) is 9.33. The Morgan fingerprint density at radius 2 is 1.77 bits per heavy atom. The first kappa shape index (κ1) is 23.9. The number of aromatic nitrogens is 1. The summed E-state index contributed by atoms with van der Waals surface area (Å²) in [5.74, 6) is 0.663. The number of rotatable bonds is 9. The molecule has 1 aromatic heterocycles. The monoisotopic (exact) mass is 453 g/mol. The number of halogens is 2. The number of carbonyl (C=O) groups is 1. The Morgan fingerprint density at radius 3 is 2.43 bits per heavy atom. The Bertz CT molecular complexity index is 966. The Balaban J connectivity index is 0.00000320. The smallest absolute Gasteiger partial charge is 0.266 e. The molecular weight excluding hydrogens is 429 g/mol. The summed E-state index contributed by atoms with van der Waals surface area (Å²) in [6, 6.07) is 11.3. The molecule has 0 spiro atoms. The van der Waals surface area contributed by atoms with Gasteiger partial charge in [-0.25, -0.2) is 9.37 Å². The number of likely N-dealkylation sites (N-methyl/N-ethyl adjacent to an activating group) is 1. The fourth-order valence-corrected chi connectivity index (χ4v) is 3.68. The maximum Gasteiger partial charge on any atom is 0.266 e. The van der Waals surface area contributed by atoms with Crippen molar-refractivity contribution < 1.29 is 18.7 Å². The van der Waals surface area contributed by atoms with Crippen molar-refractivity contribution in [1.82, 2.24) is 9.88 Å². The van der Waals surface area contributed by atoms with E-state index in [0.717, 1.165) is 16.0 Å². The summed E-state index contributed by atoms with van der Waals surface area (Å²) < 4.78 is 25.1. The zero-order chi connectivity index (χ0) is 20.8. The number of ether oxygens (including phenoxy) is 2. The lowest BCUT2D eigenvalue weighted by Crippen LogP contribution is -2.39. The largest absolute Gasteiger partial charge is 0.494 e. The van der Waals surface area contributed by atoms with Crippen LogP contribution in [-0.2, 0) is 4.79 Å². The van der Waals surface area contributed by atoms with Crippen LogP contribution in [0.5, 0.6) is 11.5 Å². The Morgan fingerprint density at radius 1 is 1.07 bits per heavy atom. The van der Waals surface area contributed by atoms with E-state index in [4.69, 9.17) is 9.47 Å². The summed E-state index contributed by atoms with van der Waals surface area (Å²) in [7, 11) is 3.90. The summed E-state index contributed by atoms with van der Waals surface area (Å²) in [6.07, 6.45) is 0. The molecule has 0 aliphatic rings. The third-order valence-electron chi connectivity index (χ3n) is 4.14. The highest BCUT2D eigenvalue weighted by Gasteiger charge is 2.21. The fourth-order valence-electron chi connectivity index (χ4n) is 2.65. The molecule has 9 heteroatoms. The number of amides is 1. The van der Waals surface area contributed by atoms with Crippen LogP contribution >= 0.6 is 23.7 Å². The van der Waals surface area contributed by atoms with Crippen LogP contribution in [0.3, 0.4) is 0 Å².